The van der Waals surface area contributed by atoms with Crippen LogP contribution in [0.1, 0.15) is 29.4 Å². The average molecular weight is 323 g/mol. The lowest BCUT2D eigenvalue weighted by Crippen LogP contribution is -2.04. The molecule has 0 aliphatic rings. The monoisotopic (exact) mass is 322 g/mol. The fourth-order valence-electron chi connectivity index (χ4n) is 2.14. The fraction of sp³-hybridized carbons (Fsp3) is 0.400. The van der Waals surface area contributed by atoms with Gasteiger partial charge in [0.25, 0.3) is 0 Å². The van der Waals surface area contributed by atoms with E-state index in [9.17, 15) is 0 Å². The Balaban J connectivity index is 2.16. The van der Waals surface area contributed by atoms with Crippen molar-refractivity contribution in [3.63, 3.8) is 0 Å². The van der Waals surface area contributed by atoms with Crippen molar-refractivity contribution >= 4 is 15.9 Å². The second kappa shape index (κ2) is 5.78. The largest absolute Gasteiger partial charge is 0.487 e. The van der Waals surface area contributed by atoms with Gasteiger partial charge >= 0.3 is 0 Å². The molecule has 1 heterocycles. The molecule has 4 heteroatoms. The van der Waals surface area contributed by atoms with Gasteiger partial charge in [0.05, 0.1) is 15.9 Å². The van der Waals surface area contributed by atoms with E-state index in [4.69, 9.17) is 4.74 Å². The Labute approximate surface area is 122 Å². The van der Waals surface area contributed by atoms with Gasteiger partial charge in [0.2, 0.25) is 0 Å². The first-order valence-corrected chi connectivity index (χ1v) is 7.22. The SMILES string of the molecule is CCc1nn(C)c(COc2cc(C)cc(C)c2)c1Br. The van der Waals surface area contributed by atoms with Crippen LogP contribution in [-0.4, -0.2) is 9.78 Å². The van der Waals surface area contributed by atoms with Crippen molar-refractivity contribution < 1.29 is 4.74 Å². The number of aromatic nitrogens is 2. The summed E-state index contributed by atoms with van der Waals surface area (Å²) in [6.07, 6.45) is 0.915. The molecular weight excluding hydrogens is 304 g/mol. The summed E-state index contributed by atoms with van der Waals surface area (Å²) in [4.78, 5) is 0. The maximum absolute atomic E-state index is 5.88. The predicted molar refractivity (Wildman–Crippen MR) is 80.5 cm³/mol. The molecule has 0 fully saturated rings. The van der Waals surface area contributed by atoms with Crippen LogP contribution in [0.25, 0.3) is 0 Å². The van der Waals surface area contributed by atoms with Crippen LogP contribution in [-0.2, 0) is 20.1 Å². The molecule has 2 rings (SSSR count). The van der Waals surface area contributed by atoms with Crippen molar-refractivity contribution in [1.82, 2.24) is 9.78 Å². The number of rotatable bonds is 4. The number of ether oxygens (including phenoxy) is 1. The van der Waals surface area contributed by atoms with Crippen LogP contribution in [0, 0.1) is 13.8 Å². The van der Waals surface area contributed by atoms with Gasteiger partial charge in [0.1, 0.15) is 12.4 Å². The standard InChI is InChI=1S/C15H19BrN2O/c1-5-13-15(16)14(18(4)17-13)9-19-12-7-10(2)6-11(3)8-12/h6-8H,5,9H2,1-4H3. The summed E-state index contributed by atoms with van der Waals surface area (Å²) in [5, 5.41) is 4.47. The second-order valence-electron chi connectivity index (χ2n) is 4.80. The number of nitrogens with zero attached hydrogens (tertiary/aromatic N) is 2. The molecule has 0 spiro atoms. The highest BCUT2D eigenvalue weighted by molar-refractivity contribution is 9.10. The van der Waals surface area contributed by atoms with E-state index in [0.717, 1.165) is 28.0 Å². The molecule has 1 aromatic heterocycles. The third kappa shape index (κ3) is 3.18. The smallest absolute Gasteiger partial charge is 0.131 e. The van der Waals surface area contributed by atoms with Gasteiger partial charge in [-0.3, -0.25) is 4.68 Å². The summed E-state index contributed by atoms with van der Waals surface area (Å²) in [7, 11) is 1.95. The maximum atomic E-state index is 5.88. The second-order valence-corrected chi connectivity index (χ2v) is 5.59. The molecule has 0 N–H and O–H groups in total. The highest BCUT2D eigenvalue weighted by atomic mass is 79.9. The predicted octanol–water partition coefficient (Wildman–Crippen LogP) is 3.94. The highest BCUT2D eigenvalue weighted by Crippen LogP contribution is 2.24. The van der Waals surface area contributed by atoms with Crippen molar-refractivity contribution in [1.29, 1.82) is 0 Å². The van der Waals surface area contributed by atoms with Gasteiger partial charge < -0.3 is 4.74 Å². The molecule has 0 unspecified atom stereocenters. The molecule has 19 heavy (non-hydrogen) atoms. The normalized spacial score (nSPS) is 10.8. The molecule has 0 atom stereocenters. The first-order chi connectivity index (χ1) is 9.01. The molecule has 102 valence electrons. The average Bonchev–Trinajstić information content (AvgIpc) is 2.61. The first kappa shape index (κ1) is 14.1. The van der Waals surface area contributed by atoms with Gasteiger partial charge in [-0.05, 0) is 59.5 Å². The Morgan fingerprint density at radius 1 is 1.21 bits per heavy atom. The van der Waals surface area contributed by atoms with Crippen LogP contribution in [0.3, 0.4) is 0 Å². The number of hydrogen-bond donors (Lipinski definition) is 0. The van der Waals surface area contributed by atoms with Crippen molar-refractivity contribution in [3.8, 4) is 5.75 Å². The molecule has 2 aromatic rings. The quantitative estimate of drug-likeness (QED) is 0.852. The van der Waals surface area contributed by atoms with E-state index < -0.39 is 0 Å². The van der Waals surface area contributed by atoms with Crippen molar-refractivity contribution in [3.05, 3.63) is 45.2 Å². The minimum absolute atomic E-state index is 0.521. The summed E-state index contributed by atoms with van der Waals surface area (Å²) >= 11 is 3.60. The Morgan fingerprint density at radius 2 is 1.84 bits per heavy atom. The Bertz CT molecular complexity index is 570. The van der Waals surface area contributed by atoms with E-state index >= 15 is 0 Å². The van der Waals surface area contributed by atoms with Crippen LogP contribution < -0.4 is 4.74 Å². The molecule has 0 aliphatic heterocycles. The topological polar surface area (TPSA) is 27.1 Å². The third-order valence-corrected chi connectivity index (χ3v) is 3.99. The highest BCUT2D eigenvalue weighted by Gasteiger charge is 2.13. The maximum Gasteiger partial charge on any atom is 0.131 e. The van der Waals surface area contributed by atoms with E-state index in [1.807, 2.05) is 11.7 Å². The summed E-state index contributed by atoms with van der Waals surface area (Å²) in [6.45, 7) is 6.78. The lowest BCUT2D eigenvalue weighted by molar-refractivity contribution is 0.293. The summed E-state index contributed by atoms with van der Waals surface area (Å²) < 4.78 is 8.82. The van der Waals surface area contributed by atoms with Gasteiger partial charge in [-0.2, -0.15) is 5.10 Å². The van der Waals surface area contributed by atoms with E-state index in [0.29, 0.717) is 6.61 Å². The van der Waals surface area contributed by atoms with Gasteiger partial charge in [-0.1, -0.05) is 13.0 Å². The molecule has 0 amide bonds. The van der Waals surface area contributed by atoms with Gasteiger partial charge in [-0.25, -0.2) is 0 Å². The van der Waals surface area contributed by atoms with Crippen LogP contribution >= 0.6 is 15.9 Å². The van der Waals surface area contributed by atoms with E-state index in [1.54, 1.807) is 0 Å². The Morgan fingerprint density at radius 3 is 2.37 bits per heavy atom. The van der Waals surface area contributed by atoms with E-state index in [-0.39, 0.29) is 0 Å². The molecule has 0 aliphatic carbocycles. The van der Waals surface area contributed by atoms with Crippen LogP contribution in [0.4, 0.5) is 0 Å². The zero-order chi connectivity index (χ0) is 14.0. The number of hydrogen-bond acceptors (Lipinski definition) is 2. The molecule has 0 bridgehead atoms. The zero-order valence-corrected chi connectivity index (χ0v) is 13.4. The summed E-state index contributed by atoms with van der Waals surface area (Å²) in [6, 6.07) is 6.25. The number of benzene rings is 1. The van der Waals surface area contributed by atoms with Crippen LogP contribution in [0.5, 0.6) is 5.75 Å². The summed E-state index contributed by atoms with van der Waals surface area (Å²) in [5.41, 5.74) is 4.57. The van der Waals surface area contributed by atoms with E-state index in [1.165, 1.54) is 11.1 Å². The first-order valence-electron chi connectivity index (χ1n) is 6.42. The third-order valence-electron chi connectivity index (χ3n) is 3.07. The molecule has 0 saturated heterocycles. The van der Waals surface area contributed by atoms with Crippen LogP contribution in [0.2, 0.25) is 0 Å². The Kier molecular flexibility index (Phi) is 4.30. The van der Waals surface area contributed by atoms with Gasteiger partial charge in [-0.15, -0.1) is 0 Å². The van der Waals surface area contributed by atoms with Gasteiger partial charge in [0.15, 0.2) is 0 Å². The molecule has 3 nitrogen and oxygen atoms in total. The molecular formula is C15H19BrN2O. The van der Waals surface area contributed by atoms with Crippen molar-refractivity contribution in [2.24, 2.45) is 7.05 Å². The molecule has 0 radical (unpaired) electrons. The fourth-order valence-corrected chi connectivity index (χ4v) is 2.88. The lowest BCUT2D eigenvalue weighted by atomic mass is 10.1. The number of halogens is 1. The van der Waals surface area contributed by atoms with Gasteiger partial charge in [0, 0.05) is 7.05 Å². The molecule has 1 aromatic carbocycles. The lowest BCUT2D eigenvalue weighted by Gasteiger charge is -2.09. The number of aryl methyl sites for hydroxylation is 4. The van der Waals surface area contributed by atoms with Crippen molar-refractivity contribution in [2.45, 2.75) is 33.8 Å². The van der Waals surface area contributed by atoms with E-state index in [2.05, 4.69) is 60.0 Å². The minimum Gasteiger partial charge on any atom is -0.487 e. The minimum atomic E-state index is 0.521. The zero-order valence-electron chi connectivity index (χ0n) is 11.8. The Hall–Kier alpha value is -1.29. The van der Waals surface area contributed by atoms with Crippen molar-refractivity contribution in [2.75, 3.05) is 0 Å². The van der Waals surface area contributed by atoms with Crippen LogP contribution in [0.15, 0.2) is 22.7 Å². The molecule has 0 saturated carbocycles. The summed E-state index contributed by atoms with van der Waals surface area (Å²) in [5.74, 6) is 0.906.